The van der Waals surface area contributed by atoms with Crippen molar-refractivity contribution in [3.63, 3.8) is 0 Å². The molecule has 0 bridgehead atoms. The van der Waals surface area contributed by atoms with E-state index in [9.17, 15) is 9.59 Å². The van der Waals surface area contributed by atoms with Crippen LogP contribution in [0.2, 0.25) is 0 Å². The van der Waals surface area contributed by atoms with Crippen molar-refractivity contribution < 1.29 is 14.3 Å². The highest BCUT2D eigenvalue weighted by Gasteiger charge is 2.23. The van der Waals surface area contributed by atoms with Crippen molar-refractivity contribution in [1.29, 1.82) is 0 Å². The van der Waals surface area contributed by atoms with Gasteiger partial charge in [-0.05, 0) is 52.4 Å². The fourth-order valence-corrected chi connectivity index (χ4v) is 3.08. The van der Waals surface area contributed by atoms with Crippen LogP contribution in [0.1, 0.15) is 15.9 Å². The molecule has 0 spiro atoms. The number of hydrogen-bond donors (Lipinski definition) is 1. The molecule has 1 aromatic heterocycles. The minimum Gasteiger partial charge on any atom is -0.467 e. The smallest absolute Gasteiger partial charge is 0.328 e. The van der Waals surface area contributed by atoms with Crippen molar-refractivity contribution in [3.05, 3.63) is 75.5 Å². The molecule has 3 rings (SSSR count). The summed E-state index contributed by atoms with van der Waals surface area (Å²) in [6.45, 7) is 0. The molecule has 1 N–H and O–H groups in total. The Morgan fingerprint density at radius 2 is 1.85 bits per heavy atom. The van der Waals surface area contributed by atoms with Crippen LogP contribution in [-0.2, 0) is 16.0 Å². The fraction of sp³-hybridized carbons (Fsp3) is 0.150. The number of amides is 1. The Hall–Kier alpha value is -2.48. The summed E-state index contributed by atoms with van der Waals surface area (Å²) in [5.41, 5.74) is 2.15. The van der Waals surface area contributed by atoms with Crippen molar-refractivity contribution in [3.8, 4) is 0 Å². The number of benzene rings is 2. The van der Waals surface area contributed by atoms with Gasteiger partial charge in [0, 0.05) is 21.6 Å². The van der Waals surface area contributed by atoms with Crippen molar-refractivity contribution in [1.82, 2.24) is 10.3 Å². The number of carbonyl (C=O) groups excluding carboxylic acids is 2. The van der Waals surface area contributed by atoms with Crippen LogP contribution in [0.3, 0.4) is 0 Å². The number of para-hydroxylation sites is 1. The fourth-order valence-electron chi connectivity index (χ4n) is 2.72. The number of nitrogens with zero attached hydrogens (tertiary/aromatic N) is 1. The van der Waals surface area contributed by atoms with Crippen LogP contribution in [0.15, 0.2) is 60.8 Å². The number of aromatic nitrogens is 1. The summed E-state index contributed by atoms with van der Waals surface area (Å²) in [4.78, 5) is 29.2. The van der Waals surface area contributed by atoms with Gasteiger partial charge in [-0.15, -0.1) is 0 Å². The maximum absolute atomic E-state index is 12.8. The van der Waals surface area contributed by atoms with Crippen LogP contribution in [0.5, 0.6) is 0 Å². The molecule has 6 heteroatoms. The van der Waals surface area contributed by atoms with Gasteiger partial charge in [-0.1, -0.05) is 30.3 Å². The summed E-state index contributed by atoms with van der Waals surface area (Å²) >= 11 is 2.22. The third-order valence-electron chi connectivity index (χ3n) is 4.04. The van der Waals surface area contributed by atoms with E-state index in [2.05, 4.69) is 32.9 Å². The van der Waals surface area contributed by atoms with Crippen LogP contribution in [0, 0.1) is 3.57 Å². The lowest BCUT2D eigenvalue weighted by Gasteiger charge is -2.17. The van der Waals surface area contributed by atoms with Gasteiger partial charge in [0.2, 0.25) is 0 Å². The predicted octanol–water partition coefficient (Wildman–Crippen LogP) is 3.35. The Bertz CT molecular complexity index is 936. The molecule has 0 unspecified atom stereocenters. The van der Waals surface area contributed by atoms with Crippen LogP contribution >= 0.6 is 22.6 Å². The van der Waals surface area contributed by atoms with E-state index in [0.717, 1.165) is 20.0 Å². The summed E-state index contributed by atoms with van der Waals surface area (Å²) in [5, 5.41) is 3.54. The molecule has 0 fully saturated rings. The van der Waals surface area contributed by atoms with E-state index in [1.807, 2.05) is 48.5 Å². The van der Waals surface area contributed by atoms with Crippen molar-refractivity contribution in [2.24, 2.45) is 0 Å². The SMILES string of the molecule is COC(=O)[C@H](Cc1ccc(I)cc1)NC(=O)c1ccnc2ccccc12. The van der Waals surface area contributed by atoms with Crippen molar-refractivity contribution >= 4 is 45.4 Å². The highest BCUT2D eigenvalue weighted by atomic mass is 127. The number of pyridine rings is 1. The summed E-state index contributed by atoms with van der Waals surface area (Å²) in [6.07, 6.45) is 1.95. The number of methoxy groups -OCH3 is 1. The van der Waals surface area contributed by atoms with Gasteiger partial charge < -0.3 is 10.1 Å². The molecular weight excluding hydrogens is 443 g/mol. The van der Waals surface area contributed by atoms with Crippen LogP contribution in [0.25, 0.3) is 10.9 Å². The van der Waals surface area contributed by atoms with E-state index in [0.29, 0.717) is 12.0 Å². The molecule has 2 aromatic carbocycles. The molecule has 0 aliphatic heterocycles. The van der Waals surface area contributed by atoms with Crippen LogP contribution < -0.4 is 5.32 Å². The Morgan fingerprint density at radius 1 is 1.12 bits per heavy atom. The van der Waals surface area contributed by atoms with Gasteiger partial charge in [-0.25, -0.2) is 4.79 Å². The van der Waals surface area contributed by atoms with Crippen molar-refractivity contribution in [2.45, 2.75) is 12.5 Å². The summed E-state index contributed by atoms with van der Waals surface area (Å²) in [6, 6.07) is 16.1. The van der Waals surface area contributed by atoms with Gasteiger partial charge in [-0.3, -0.25) is 9.78 Å². The minimum atomic E-state index is -0.764. The zero-order chi connectivity index (χ0) is 18.5. The van der Waals surface area contributed by atoms with Gasteiger partial charge >= 0.3 is 5.97 Å². The van der Waals surface area contributed by atoms with Gasteiger partial charge in [0.15, 0.2) is 0 Å². The Morgan fingerprint density at radius 3 is 2.58 bits per heavy atom. The first-order valence-electron chi connectivity index (χ1n) is 8.05. The summed E-state index contributed by atoms with van der Waals surface area (Å²) in [5.74, 6) is -0.806. The first-order valence-corrected chi connectivity index (χ1v) is 9.13. The molecule has 132 valence electrons. The lowest BCUT2D eigenvalue weighted by molar-refractivity contribution is -0.142. The number of esters is 1. The molecule has 1 amide bonds. The molecule has 0 aliphatic rings. The van der Waals surface area contributed by atoms with E-state index >= 15 is 0 Å². The zero-order valence-electron chi connectivity index (χ0n) is 14.1. The van der Waals surface area contributed by atoms with E-state index < -0.39 is 12.0 Å². The lowest BCUT2D eigenvalue weighted by Crippen LogP contribution is -2.43. The first kappa shape index (κ1) is 18.3. The number of hydrogen-bond acceptors (Lipinski definition) is 4. The first-order chi connectivity index (χ1) is 12.6. The molecular formula is C20H17IN2O3. The topological polar surface area (TPSA) is 68.3 Å². The molecule has 0 saturated heterocycles. The molecule has 0 aliphatic carbocycles. The van der Waals surface area contributed by atoms with E-state index in [4.69, 9.17) is 4.74 Å². The quantitative estimate of drug-likeness (QED) is 0.469. The highest BCUT2D eigenvalue weighted by Crippen LogP contribution is 2.17. The Balaban J connectivity index is 1.85. The summed E-state index contributed by atoms with van der Waals surface area (Å²) in [7, 11) is 1.32. The third-order valence-corrected chi connectivity index (χ3v) is 4.76. The summed E-state index contributed by atoms with van der Waals surface area (Å²) < 4.78 is 5.97. The van der Waals surface area contributed by atoms with Gasteiger partial charge in [0.05, 0.1) is 18.2 Å². The number of rotatable bonds is 5. The minimum absolute atomic E-state index is 0.329. The van der Waals surface area contributed by atoms with Gasteiger partial charge in [0.25, 0.3) is 5.91 Å². The van der Waals surface area contributed by atoms with E-state index in [1.54, 1.807) is 12.3 Å². The highest BCUT2D eigenvalue weighted by molar-refractivity contribution is 14.1. The largest absolute Gasteiger partial charge is 0.467 e. The molecule has 26 heavy (non-hydrogen) atoms. The average Bonchev–Trinajstić information content (AvgIpc) is 2.68. The second kappa shape index (κ2) is 8.27. The second-order valence-corrected chi connectivity index (χ2v) is 7.00. The second-order valence-electron chi connectivity index (χ2n) is 5.76. The number of nitrogens with one attached hydrogen (secondary N) is 1. The standard InChI is InChI=1S/C20H17IN2O3/c1-26-20(25)18(12-13-6-8-14(21)9-7-13)23-19(24)16-10-11-22-17-5-3-2-4-15(16)17/h2-11,18H,12H2,1H3,(H,23,24)/t18-/m0/s1. The molecule has 0 saturated carbocycles. The van der Waals surface area contributed by atoms with E-state index in [-0.39, 0.29) is 5.91 Å². The maximum atomic E-state index is 12.8. The van der Waals surface area contributed by atoms with Gasteiger partial charge in [-0.2, -0.15) is 0 Å². The Labute approximate surface area is 164 Å². The molecule has 0 radical (unpaired) electrons. The van der Waals surface area contributed by atoms with E-state index in [1.165, 1.54) is 7.11 Å². The maximum Gasteiger partial charge on any atom is 0.328 e. The number of halogens is 1. The van der Waals surface area contributed by atoms with Crippen molar-refractivity contribution in [2.75, 3.05) is 7.11 Å². The molecule has 1 atom stereocenters. The molecule has 1 heterocycles. The predicted molar refractivity (Wildman–Crippen MR) is 108 cm³/mol. The monoisotopic (exact) mass is 460 g/mol. The zero-order valence-corrected chi connectivity index (χ0v) is 16.3. The average molecular weight is 460 g/mol. The lowest BCUT2D eigenvalue weighted by atomic mass is 10.0. The van der Waals surface area contributed by atoms with Crippen LogP contribution in [0.4, 0.5) is 0 Å². The van der Waals surface area contributed by atoms with Gasteiger partial charge in [0.1, 0.15) is 6.04 Å². The Kier molecular flexibility index (Phi) is 5.82. The molecule has 3 aromatic rings. The normalized spacial score (nSPS) is 11.8. The third kappa shape index (κ3) is 4.19. The number of fused-ring (bicyclic) bond motifs is 1. The number of carbonyl (C=O) groups is 2. The van der Waals surface area contributed by atoms with Crippen LogP contribution in [-0.4, -0.2) is 30.0 Å². The molecule has 5 nitrogen and oxygen atoms in total. The number of ether oxygens (including phenoxy) is 1.